The number of amides is 1. The molecule has 2 heterocycles. The van der Waals surface area contributed by atoms with E-state index in [0.717, 1.165) is 0 Å². The second-order valence-corrected chi connectivity index (χ2v) is 5.53. The Morgan fingerprint density at radius 3 is 2.76 bits per heavy atom. The summed E-state index contributed by atoms with van der Waals surface area (Å²) in [7, 11) is 0. The quantitative estimate of drug-likeness (QED) is 0.699. The van der Waals surface area contributed by atoms with Crippen LogP contribution in [0.2, 0.25) is 0 Å². The van der Waals surface area contributed by atoms with Crippen molar-refractivity contribution in [2.24, 2.45) is 0 Å². The lowest BCUT2D eigenvalue weighted by atomic mass is 9.94. The Bertz CT molecular complexity index is 443. The smallest absolute Gasteiger partial charge is 0.224 e. The highest BCUT2D eigenvalue weighted by atomic mass is 32.2. The van der Waals surface area contributed by atoms with Gasteiger partial charge in [-0.15, -0.1) is 0 Å². The minimum Gasteiger partial charge on any atom is -0.327 e. The van der Waals surface area contributed by atoms with Crippen LogP contribution in [0, 0.1) is 0 Å². The first-order chi connectivity index (χ1) is 8.25. The highest BCUT2D eigenvalue weighted by Crippen LogP contribution is 2.29. The predicted octanol–water partition coefficient (Wildman–Crippen LogP) is 1.60. The van der Waals surface area contributed by atoms with E-state index in [-0.39, 0.29) is 17.1 Å². The average Bonchev–Trinajstić information content (AvgIpc) is 2.48. The molecule has 2 aliphatic heterocycles. The van der Waals surface area contributed by atoms with Gasteiger partial charge in [0.25, 0.3) is 0 Å². The average molecular weight is 247 g/mol. The highest BCUT2D eigenvalue weighted by molar-refractivity contribution is 8.13. The van der Waals surface area contributed by atoms with Gasteiger partial charge in [-0.3, -0.25) is 9.59 Å². The van der Waals surface area contributed by atoms with E-state index < -0.39 is 0 Å². The minimum atomic E-state index is -0.245. The lowest BCUT2D eigenvalue weighted by molar-refractivity contribution is -0.137. The van der Waals surface area contributed by atoms with Crippen molar-refractivity contribution in [3.05, 3.63) is 35.4 Å². The largest absolute Gasteiger partial charge is 0.327 e. The van der Waals surface area contributed by atoms with E-state index in [1.165, 1.54) is 22.9 Å². The van der Waals surface area contributed by atoms with E-state index in [1.807, 2.05) is 18.2 Å². The minimum absolute atomic E-state index is 0.114. The number of nitrogens with zero attached hydrogens (tertiary/aromatic N) is 1. The molecule has 4 heteroatoms. The zero-order valence-electron chi connectivity index (χ0n) is 9.39. The van der Waals surface area contributed by atoms with Crippen molar-refractivity contribution in [2.75, 3.05) is 5.75 Å². The van der Waals surface area contributed by atoms with Crippen molar-refractivity contribution in [3.8, 4) is 0 Å². The lowest BCUT2D eigenvalue weighted by Crippen LogP contribution is -2.46. The van der Waals surface area contributed by atoms with Crippen molar-refractivity contribution in [1.29, 1.82) is 0 Å². The van der Waals surface area contributed by atoms with Crippen molar-refractivity contribution in [1.82, 2.24) is 4.90 Å². The van der Waals surface area contributed by atoms with Gasteiger partial charge in [-0.25, -0.2) is 0 Å². The third-order valence-electron chi connectivity index (χ3n) is 3.40. The Balaban J connectivity index is 1.99. The molecule has 17 heavy (non-hydrogen) atoms. The SMILES string of the molecule is O=C1SCCC(=O)N2Cc3ccccc3CC12. The summed E-state index contributed by atoms with van der Waals surface area (Å²) in [5.41, 5.74) is 2.38. The first-order valence-electron chi connectivity index (χ1n) is 5.78. The number of fused-ring (bicyclic) bond motifs is 2. The van der Waals surface area contributed by atoms with Crippen LogP contribution in [-0.2, 0) is 22.6 Å². The molecule has 0 N–H and O–H groups in total. The van der Waals surface area contributed by atoms with Crippen LogP contribution in [0.25, 0.3) is 0 Å². The van der Waals surface area contributed by atoms with Crippen molar-refractivity contribution in [3.63, 3.8) is 0 Å². The molecule has 1 aromatic rings. The van der Waals surface area contributed by atoms with E-state index in [4.69, 9.17) is 0 Å². The van der Waals surface area contributed by atoms with Crippen molar-refractivity contribution < 1.29 is 9.59 Å². The van der Waals surface area contributed by atoms with Gasteiger partial charge in [0.2, 0.25) is 11.0 Å². The molecular weight excluding hydrogens is 234 g/mol. The van der Waals surface area contributed by atoms with Crippen molar-refractivity contribution in [2.45, 2.75) is 25.4 Å². The summed E-state index contributed by atoms with van der Waals surface area (Å²) in [5, 5.41) is 0.144. The fraction of sp³-hybridized carbons (Fsp3) is 0.385. The molecule has 3 rings (SSSR count). The molecular formula is C13H13NO2S. The summed E-state index contributed by atoms with van der Waals surface area (Å²) in [4.78, 5) is 25.7. The van der Waals surface area contributed by atoms with Crippen LogP contribution in [0.3, 0.4) is 0 Å². The molecule has 0 aliphatic carbocycles. The molecule has 88 valence electrons. The Labute approximate surface area is 104 Å². The molecule has 0 spiro atoms. The van der Waals surface area contributed by atoms with Crippen LogP contribution in [-0.4, -0.2) is 27.7 Å². The normalized spacial score (nSPS) is 24.0. The molecule has 1 saturated heterocycles. The first kappa shape index (κ1) is 10.8. The maximum absolute atomic E-state index is 12.0. The van der Waals surface area contributed by atoms with Gasteiger partial charge >= 0.3 is 0 Å². The Morgan fingerprint density at radius 1 is 1.18 bits per heavy atom. The molecule has 0 aromatic heterocycles. The summed E-state index contributed by atoms with van der Waals surface area (Å²) in [5.74, 6) is 0.740. The Kier molecular flexibility index (Phi) is 2.67. The van der Waals surface area contributed by atoms with Crippen LogP contribution in [0.15, 0.2) is 24.3 Å². The van der Waals surface area contributed by atoms with E-state index >= 15 is 0 Å². The van der Waals surface area contributed by atoms with Gasteiger partial charge in [0, 0.05) is 25.1 Å². The maximum atomic E-state index is 12.0. The van der Waals surface area contributed by atoms with Gasteiger partial charge in [0.05, 0.1) is 0 Å². The van der Waals surface area contributed by atoms with Gasteiger partial charge in [-0.05, 0) is 11.1 Å². The van der Waals surface area contributed by atoms with Gasteiger partial charge in [-0.1, -0.05) is 36.0 Å². The predicted molar refractivity (Wildman–Crippen MR) is 66.6 cm³/mol. The summed E-state index contributed by atoms with van der Waals surface area (Å²) < 4.78 is 0. The van der Waals surface area contributed by atoms with Crippen LogP contribution in [0.1, 0.15) is 17.5 Å². The number of carbonyl (C=O) groups excluding carboxylic acids is 2. The number of benzene rings is 1. The zero-order chi connectivity index (χ0) is 11.8. The molecule has 2 aliphatic rings. The Hall–Kier alpha value is -1.29. The van der Waals surface area contributed by atoms with Gasteiger partial charge in [-0.2, -0.15) is 0 Å². The molecule has 1 fully saturated rings. The fourth-order valence-corrected chi connectivity index (χ4v) is 3.36. The maximum Gasteiger partial charge on any atom is 0.224 e. The first-order valence-corrected chi connectivity index (χ1v) is 6.77. The van der Waals surface area contributed by atoms with E-state index in [2.05, 4.69) is 6.07 Å². The topological polar surface area (TPSA) is 37.4 Å². The van der Waals surface area contributed by atoms with E-state index in [9.17, 15) is 9.59 Å². The second-order valence-electron chi connectivity index (χ2n) is 4.43. The molecule has 0 saturated carbocycles. The fourth-order valence-electron chi connectivity index (χ4n) is 2.47. The molecule has 1 atom stereocenters. The van der Waals surface area contributed by atoms with Crippen LogP contribution >= 0.6 is 11.8 Å². The number of thioether (sulfide) groups is 1. The summed E-state index contributed by atoms with van der Waals surface area (Å²) in [6.07, 6.45) is 1.16. The second kappa shape index (κ2) is 4.18. The van der Waals surface area contributed by atoms with Gasteiger partial charge in [0.15, 0.2) is 0 Å². The van der Waals surface area contributed by atoms with Crippen LogP contribution in [0.5, 0.6) is 0 Å². The summed E-state index contributed by atoms with van der Waals surface area (Å²) in [6.45, 7) is 0.589. The Morgan fingerprint density at radius 2 is 1.94 bits per heavy atom. The highest BCUT2D eigenvalue weighted by Gasteiger charge is 2.36. The van der Waals surface area contributed by atoms with Crippen LogP contribution < -0.4 is 0 Å². The molecule has 3 nitrogen and oxygen atoms in total. The van der Waals surface area contributed by atoms with Crippen molar-refractivity contribution >= 4 is 22.8 Å². The molecule has 1 aromatic carbocycles. The molecule has 0 radical (unpaired) electrons. The number of carbonyl (C=O) groups is 2. The van der Waals surface area contributed by atoms with Gasteiger partial charge in [0.1, 0.15) is 6.04 Å². The zero-order valence-corrected chi connectivity index (χ0v) is 10.2. The van der Waals surface area contributed by atoms with Gasteiger partial charge < -0.3 is 4.90 Å². The lowest BCUT2D eigenvalue weighted by Gasteiger charge is -2.34. The number of hydrogen-bond donors (Lipinski definition) is 0. The van der Waals surface area contributed by atoms with E-state index in [0.29, 0.717) is 25.1 Å². The monoisotopic (exact) mass is 247 g/mol. The third-order valence-corrected chi connectivity index (χ3v) is 4.37. The summed E-state index contributed by atoms with van der Waals surface area (Å²) >= 11 is 1.30. The van der Waals surface area contributed by atoms with Crippen LogP contribution in [0.4, 0.5) is 0 Å². The number of rotatable bonds is 0. The van der Waals surface area contributed by atoms with E-state index in [1.54, 1.807) is 4.90 Å². The molecule has 1 unspecified atom stereocenters. The number of hydrogen-bond acceptors (Lipinski definition) is 3. The molecule has 1 amide bonds. The standard InChI is InChI=1S/C13H13NO2S/c15-12-5-6-17-13(16)11-7-9-3-1-2-4-10(9)8-14(11)12/h1-4,11H,5-8H2. The molecule has 0 bridgehead atoms. The summed E-state index contributed by atoms with van der Waals surface area (Å²) in [6, 6.07) is 7.83. The third kappa shape index (κ3) is 1.86.